The summed E-state index contributed by atoms with van der Waals surface area (Å²) in [6.07, 6.45) is 22.1. The van der Waals surface area contributed by atoms with E-state index in [4.69, 9.17) is 14.2 Å². The predicted octanol–water partition coefficient (Wildman–Crippen LogP) is 9.04. The summed E-state index contributed by atoms with van der Waals surface area (Å²) in [6.45, 7) is 7.94. The van der Waals surface area contributed by atoms with E-state index in [1.54, 1.807) is 0 Å². The van der Waals surface area contributed by atoms with Crippen molar-refractivity contribution in [2.45, 2.75) is 117 Å². The number of benzene rings is 1. The Balaban J connectivity index is 2.12. The molecule has 0 aliphatic carbocycles. The van der Waals surface area contributed by atoms with Crippen LogP contribution in [0, 0.1) is 5.92 Å². The lowest BCUT2D eigenvalue weighted by Crippen LogP contribution is -2.15. The number of nitrogens with one attached hydrogen (secondary N) is 1. The molecule has 1 atom stereocenters. The molecule has 0 fully saturated rings. The van der Waals surface area contributed by atoms with Crippen molar-refractivity contribution in [3.63, 3.8) is 0 Å². The first-order chi connectivity index (χ1) is 17.3. The third-order valence-corrected chi connectivity index (χ3v) is 6.78. The third kappa shape index (κ3) is 19.6. The summed E-state index contributed by atoms with van der Waals surface area (Å²) in [6, 6.07) is 7.99. The van der Waals surface area contributed by atoms with Crippen LogP contribution in [0.15, 0.2) is 24.3 Å². The molecule has 204 valence electrons. The first-order valence-electron chi connectivity index (χ1n) is 14.9. The zero-order valence-electron chi connectivity index (χ0n) is 23.5. The van der Waals surface area contributed by atoms with Gasteiger partial charge in [0, 0.05) is 25.4 Å². The molecular weight excluding hydrogens is 434 g/mol. The zero-order valence-corrected chi connectivity index (χ0v) is 23.5. The summed E-state index contributed by atoms with van der Waals surface area (Å²) in [4.78, 5) is 0. The largest absolute Gasteiger partial charge is 0.491 e. The second-order valence-electron chi connectivity index (χ2n) is 10.00. The summed E-state index contributed by atoms with van der Waals surface area (Å²) in [5.74, 6) is 1.58. The summed E-state index contributed by atoms with van der Waals surface area (Å²) in [7, 11) is 1.91. The number of anilines is 1. The lowest BCUT2D eigenvalue weighted by Gasteiger charge is -2.17. The van der Waals surface area contributed by atoms with Gasteiger partial charge in [0.2, 0.25) is 0 Å². The molecule has 0 heterocycles. The summed E-state index contributed by atoms with van der Waals surface area (Å²) in [5, 5.41) is 3.13. The second-order valence-corrected chi connectivity index (χ2v) is 10.00. The smallest absolute Gasteiger partial charge is 0.121 e. The van der Waals surface area contributed by atoms with E-state index in [2.05, 4.69) is 19.2 Å². The highest BCUT2D eigenvalue weighted by molar-refractivity contribution is 5.47. The van der Waals surface area contributed by atoms with Crippen LogP contribution in [0.2, 0.25) is 0 Å². The van der Waals surface area contributed by atoms with Gasteiger partial charge < -0.3 is 19.5 Å². The van der Waals surface area contributed by atoms with Gasteiger partial charge in [-0.3, -0.25) is 0 Å². The minimum Gasteiger partial charge on any atom is -0.491 e. The Hall–Kier alpha value is -1.26. The number of hydrogen-bond donors (Lipinski definition) is 1. The Morgan fingerprint density at radius 2 is 1.20 bits per heavy atom. The van der Waals surface area contributed by atoms with Crippen molar-refractivity contribution in [2.75, 3.05) is 45.4 Å². The van der Waals surface area contributed by atoms with Gasteiger partial charge in [0.15, 0.2) is 0 Å². The molecule has 1 rings (SSSR count). The minimum absolute atomic E-state index is 0.562. The lowest BCUT2D eigenvalue weighted by molar-refractivity contribution is 0.0219. The van der Waals surface area contributed by atoms with Crippen LogP contribution in [0.25, 0.3) is 0 Å². The summed E-state index contributed by atoms with van der Waals surface area (Å²) < 4.78 is 17.5. The molecular formula is C31H57NO3. The zero-order chi connectivity index (χ0) is 25.2. The topological polar surface area (TPSA) is 39.7 Å². The van der Waals surface area contributed by atoms with E-state index in [9.17, 15) is 0 Å². The molecule has 0 amide bonds. The predicted molar refractivity (Wildman–Crippen MR) is 152 cm³/mol. The molecule has 0 aliphatic rings. The van der Waals surface area contributed by atoms with Crippen LogP contribution in [-0.4, -0.2) is 40.1 Å². The maximum Gasteiger partial charge on any atom is 0.121 e. The van der Waals surface area contributed by atoms with Gasteiger partial charge in [0.25, 0.3) is 0 Å². The monoisotopic (exact) mass is 491 g/mol. The maximum absolute atomic E-state index is 6.03. The Labute approximate surface area is 217 Å². The van der Waals surface area contributed by atoms with Crippen molar-refractivity contribution < 1.29 is 14.2 Å². The molecule has 0 bridgehead atoms. The first-order valence-corrected chi connectivity index (χ1v) is 14.9. The molecule has 1 aromatic rings. The van der Waals surface area contributed by atoms with Gasteiger partial charge in [0.1, 0.15) is 12.4 Å². The average Bonchev–Trinajstić information content (AvgIpc) is 2.88. The van der Waals surface area contributed by atoms with E-state index in [1.807, 2.05) is 31.3 Å². The fourth-order valence-corrected chi connectivity index (χ4v) is 4.52. The summed E-state index contributed by atoms with van der Waals surface area (Å²) in [5.41, 5.74) is 1.05. The van der Waals surface area contributed by atoms with Gasteiger partial charge in [-0.15, -0.1) is 0 Å². The Morgan fingerprint density at radius 3 is 1.80 bits per heavy atom. The molecule has 1 aromatic carbocycles. The van der Waals surface area contributed by atoms with E-state index in [0.717, 1.165) is 18.0 Å². The van der Waals surface area contributed by atoms with Crippen molar-refractivity contribution in [3.05, 3.63) is 24.3 Å². The Bertz CT molecular complexity index is 566. The van der Waals surface area contributed by atoms with Crippen molar-refractivity contribution >= 4 is 5.69 Å². The van der Waals surface area contributed by atoms with E-state index < -0.39 is 0 Å². The highest BCUT2D eigenvalue weighted by Crippen LogP contribution is 2.20. The molecule has 0 saturated carbocycles. The molecule has 0 saturated heterocycles. The molecule has 0 aliphatic heterocycles. The number of rotatable bonds is 26. The fraction of sp³-hybridized carbons (Fsp3) is 0.806. The Kier molecular flexibility index (Phi) is 22.2. The lowest BCUT2D eigenvalue weighted by atomic mass is 9.94. The van der Waals surface area contributed by atoms with Gasteiger partial charge >= 0.3 is 0 Å². The van der Waals surface area contributed by atoms with Gasteiger partial charge in [0.05, 0.1) is 19.8 Å². The number of ether oxygens (including phenoxy) is 3. The standard InChI is InChI=1S/C31H57NO3/c1-4-6-8-10-12-13-15-17-20-29(19-16-14-11-9-7-5-2)28-34-24-23-33-25-26-35-31-22-18-21-30(27-31)32-3/h18,21-22,27,29,32H,4-17,19-20,23-26,28H2,1-3H3. The quantitative estimate of drug-likeness (QED) is 0.131. The van der Waals surface area contributed by atoms with Crippen molar-refractivity contribution in [3.8, 4) is 5.75 Å². The number of hydrogen-bond acceptors (Lipinski definition) is 4. The van der Waals surface area contributed by atoms with Gasteiger partial charge in [-0.05, 0) is 30.9 Å². The van der Waals surface area contributed by atoms with Crippen LogP contribution >= 0.6 is 0 Å². The fourth-order valence-electron chi connectivity index (χ4n) is 4.52. The molecule has 0 spiro atoms. The third-order valence-electron chi connectivity index (χ3n) is 6.78. The van der Waals surface area contributed by atoms with Crippen LogP contribution in [0.4, 0.5) is 5.69 Å². The van der Waals surface area contributed by atoms with Crippen LogP contribution in [-0.2, 0) is 9.47 Å². The van der Waals surface area contributed by atoms with Crippen molar-refractivity contribution in [2.24, 2.45) is 5.92 Å². The van der Waals surface area contributed by atoms with Gasteiger partial charge in [-0.1, -0.05) is 110 Å². The summed E-state index contributed by atoms with van der Waals surface area (Å²) >= 11 is 0. The molecule has 1 unspecified atom stereocenters. The molecule has 1 N–H and O–H groups in total. The first kappa shape index (κ1) is 31.8. The van der Waals surface area contributed by atoms with E-state index in [1.165, 1.54) is 103 Å². The molecule has 4 nitrogen and oxygen atoms in total. The van der Waals surface area contributed by atoms with Crippen LogP contribution in [0.1, 0.15) is 117 Å². The van der Waals surface area contributed by atoms with Crippen molar-refractivity contribution in [1.29, 1.82) is 0 Å². The molecule has 4 heteroatoms. The highest BCUT2D eigenvalue weighted by Gasteiger charge is 2.09. The molecule has 0 aromatic heterocycles. The van der Waals surface area contributed by atoms with E-state index in [0.29, 0.717) is 32.3 Å². The van der Waals surface area contributed by atoms with Gasteiger partial charge in [-0.2, -0.15) is 0 Å². The SMILES string of the molecule is CCCCCCCCCCC(CCCCCCCC)COCCOCCOc1cccc(NC)c1. The molecule has 35 heavy (non-hydrogen) atoms. The van der Waals surface area contributed by atoms with Crippen LogP contribution < -0.4 is 10.1 Å². The van der Waals surface area contributed by atoms with Crippen LogP contribution in [0.3, 0.4) is 0 Å². The minimum atomic E-state index is 0.562. The second kappa shape index (κ2) is 24.4. The van der Waals surface area contributed by atoms with Crippen LogP contribution in [0.5, 0.6) is 5.75 Å². The average molecular weight is 492 g/mol. The van der Waals surface area contributed by atoms with E-state index >= 15 is 0 Å². The maximum atomic E-state index is 6.03. The van der Waals surface area contributed by atoms with Gasteiger partial charge in [-0.25, -0.2) is 0 Å². The van der Waals surface area contributed by atoms with E-state index in [-0.39, 0.29) is 0 Å². The number of unbranched alkanes of at least 4 members (excludes halogenated alkanes) is 12. The normalized spacial score (nSPS) is 12.1. The molecule has 0 radical (unpaired) electrons. The van der Waals surface area contributed by atoms with Crippen molar-refractivity contribution in [1.82, 2.24) is 0 Å². The highest BCUT2D eigenvalue weighted by atomic mass is 16.5. The Morgan fingerprint density at radius 1 is 0.657 bits per heavy atom.